The highest BCUT2D eigenvalue weighted by atomic mass is 16.1. The first-order valence-electron chi connectivity index (χ1n) is 6.58. The van der Waals surface area contributed by atoms with E-state index in [-0.39, 0.29) is 5.91 Å². The van der Waals surface area contributed by atoms with Gasteiger partial charge in [-0.05, 0) is 37.5 Å². The third-order valence-corrected chi connectivity index (χ3v) is 3.14. The molecule has 1 aliphatic heterocycles. The predicted molar refractivity (Wildman–Crippen MR) is 66.3 cm³/mol. The van der Waals surface area contributed by atoms with Crippen molar-refractivity contribution < 1.29 is 4.79 Å². The zero-order valence-corrected chi connectivity index (χ0v) is 10.7. The van der Waals surface area contributed by atoms with E-state index < -0.39 is 0 Å². The lowest BCUT2D eigenvalue weighted by Gasteiger charge is -2.20. The molecule has 1 N–H and O–H groups in total. The normalized spacial score (nSPS) is 21.1. The summed E-state index contributed by atoms with van der Waals surface area (Å²) in [6.07, 6.45) is 5.22. The van der Waals surface area contributed by atoms with Crippen molar-refractivity contribution in [2.75, 3.05) is 19.6 Å². The number of hydrogen-bond acceptors (Lipinski definition) is 1. The number of nitrogens with zero attached hydrogens (tertiary/aromatic N) is 1. The summed E-state index contributed by atoms with van der Waals surface area (Å²) in [7, 11) is 0. The van der Waals surface area contributed by atoms with Crippen molar-refractivity contribution in [1.29, 1.82) is 0 Å². The number of piperidine rings is 1. The summed E-state index contributed by atoms with van der Waals surface area (Å²) in [6, 6.07) is 0. The zero-order chi connectivity index (χ0) is 11.8. The largest absolute Gasteiger partial charge is 0.356 e. The van der Waals surface area contributed by atoms with Crippen molar-refractivity contribution in [2.24, 2.45) is 11.8 Å². The third kappa shape index (κ3) is 6.11. The van der Waals surface area contributed by atoms with E-state index in [0.29, 0.717) is 18.3 Å². The summed E-state index contributed by atoms with van der Waals surface area (Å²) in [5.41, 5.74) is 0. The Bertz CT molecular complexity index is 198. The summed E-state index contributed by atoms with van der Waals surface area (Å²) in [6.45, 7) is 7.17. The second-order valence-electron chi connectivity index (χ2n) is 5.21. The van der Waals surface area contributed by atoms with Gasteiger partial charge in [-0.2, -0.15) is 0 Å². The van der Waals surface area contributed by atoms with Crippen molar-refractivity contribution in [3.05, 3.63) is 0 Å². The molecule has 0 aromatic rings. The van der Waals surface area contributed by atoms with E-state index in [2.05, 4.69) is 24.5 Å². The van der Waals surface area contributed by atoms with Crippen molar-refractivity contribution in [1.82, 2.24) is 10.6 Å². The molecule has 3 heteroatoms. The highest BCUT2D eigenvalue weighted by Crippen LogP contribution is 2.16. The van der Waals surface area contributed by atoms with Gasteiger partial charge >= 0.3 is 0 Å². The van der Waals surface area contributed by atoms with Crippen molar-refractivity contribution in [3.63, 3.8) is 0 Å². The van der Waals surface area contributed by atoms with Crippen LogP contribution >= 0.6 is 0 Å². The Morgan fingerprint density at radius 3 is 2.94 bits per heavy atom. The van der Waals surface area contributed by atoms with Crippen molar-refractivity contribution >= 4 is 5.91 Å². The number of nitrogens with one attached hydrogen (secondary N) is 1. The lowest BCUT2D eigenvalue weighted by Crippen LogP contribution is -2.28. The van der Waals surface area contributed by atoms with Crippen LogP contribution in [0.25, 0.3) is 0 Å². The number of amides is 1. The standard InChI is InChI=1S/C13H25N2O/c1-11(2)7-9-15-13(16)6-5-12-4-3-8-14-10-12/h11-12H,3-10H2,1-2H3,(H,15,16). The molecule has 1 heterocycles. The molecule has 1 unspecified atom stereocenters. The van der Waals surface area contributed by atoms with Crippen LogP contribution in [0.15, 0.2) is 0 Å². The van der Waals surface area contributed by atoms with Crippen LogP contribution in [-0.4, -0.2) is 25.5 Å². The first-order chi connectivity index (χ1) is 7.68. The van der Waals surface area contributed by atoms with Gasteiger partial charge in [0.15, 0.2) is 0 Å². The topological polar surface area (TPSA) is 43.2 Å². The van der Waals surface area contributed by atoms with E-state index in [1.54, 1.807) is 0 Å². The van der Waals surface area contributed by atoms with Crippen LogP contribution in [0.3, 0.4) is 0 Å². The molecule has 0 aliphatic carbocycles. The average molecular weight is 225 g/mol. The summed E-state index contributed by atoms with van der Waals surface area (Å²) in [5.74, 6) is 1.54. The van der Waals surface area contributed by atoms with E-state index in [0.717, 1.165) is 32.5 Å². The molecule has 1 amide bonds. The number of carbonyl (C=O) groups is 1. The van der Waals surface area contributed by atoms with E-state index in [1.807, 2.05) is 0 Å². The molecule has 16 heavy (non-hydrogen) atoms. The Kier molecular flexibility index (Phi) is 6.46. The number of rotatable bonds is 6. The minimum absolute atomic E-state index is 0.214. The summed E-state index contributed by atoms with van der Waals surface area (Å²) < 4.78 is 0. The molecule has 1 aliphatic rings. The van der Waals surface area contributed by atoms with Crippen LogP contribution in [-0.2, 0) is 4.79 Å². The molecule has 93 valence electrons. The van der Waals surface area contributed by atoms with Crippen LogP contribution in [0.4, 0.5) is 0 Å². The molecule has 1 saturated heterocycles. The number of carbonyl (C=O) groups excluding carboxylic acids is 1. The molecule has 0 spiro atoms. The van der Waals surface area contributed by atoms with Gasteiger partial charge in [0.05, 0.1) is 0 Å². The Morgan fingerprint density at radius 2 is 2.31 bits per heavy atom. The first-order valence-corrected chi connectivity index (χ1v) is 6.58. The highest BCUT2D eigenvalue weighted by Gasteiger charge is 2.14. The number of hydrogen-bond donors (Lipinski definition) is 1. The van der Waals surface area contributed by atoms with Crippen LogP contribution < -0.4 is 10.6 Å². The Morgan fingerprint density at radius 1 is 1.50 bits per heavy atom. The summed E-state index contributed by atoms with van der Waals surface area (Å²) in [5, 5.41) is 7.37. The van der Waals surface area contributed by atoms with E-state index in [4.69, 9.17) is 0 Å². The fourth-order valence-electron chi connectivity index (χ4n) is 2.02. The lowest BCUT2D eigenvalue weighted by molar-refractivity contribution is -0.121. The van der Waals surface area contributed by atoms with Crippen LogP contribution in [0.2, 0.25) is 0 Å². The second kappa shape index (κ2) is 7.66. The van der Waals surface area contributed by atoms with Gasteiger partial charge in [-0.3, -0.25) is 4.79 Å². The minimum Gasteiger partial charge on any atom is -0.356 e. The monoisotopic (exact) mass is 225 g/mol. The van der Waals surface area contributed by atoms with Crippen LogP contribution in [0, 0.1) is 11.8 Å². The molecular weight excluding hydrogens is 200 g/mol. The van der Waals surface area contributed by atoms with Crippen LogP contribution in [0.5, 0.6) is 0 Å². The maximum absolute atomic E-state index is 11.5. The quantitative estimate of drug-likeness (QED) is 0.737. The Balaban J connectivity index is 2.00. The SMILES string of the molecule is CC(C)CCNC(=O)CCC1CCC[N]C1. The lowest BCUT2D eigenvalue weighted by atomic mass is 9.94. The van der Waals surface area contributed by atoms with Gasteiger partial charge in [0, 0.05) is 26.1 Å². The van der Waals surface area contributed by atoms with Gasteiger partial charge in [0.25, 0.3) is 0 Å². The first kappa shape index (κ1) is 13.5. The maximum atomic E-state index is 11.5. The summed E-state index contributed by atoms with van der Waals surface area (Å²) in [4.78, 5) is 11.5. The maximum Gasteiger partial charge on any atom is 0.220 e. The fraction of sp³-hybridized carbons (Fsp3) is 0.923. The second-order valence-corrected chi connectivity index (χ2v) is 5.21. The Hall–Kier alpha value is -0.570. The third-order valence-electron chi connectivity index (χ3n) is 3.14. The fourth-order valence-corrected chi connectivity index (χ4v) is 2.02. The molecule has 1 radical (unpaired) electrons. The average Bonchev–Trinajstić information content (AvgIpc) is 2.27. The molecule has 1 rings (SSSR count). The molecule has 3 nitrogen and oxygen atoms in total. The van der Waals surface area contributed by atoms with Gasteiger partial charge in [-0.25, -0.2) is 5.32 Å². The summed E-state index contributed by atoms with van der Waals surface area (Å²) >= 11 is 0. The van der Waals surface area contributed by atoms with Crippen LogP contribution in [0.1, 0.15) is 46.0 Å². The van der Waals surface area contributed by atoms with Crippen molar-refractivity contribution in [2.45, 2.75) is 46.0 Å². The molecule has 0 aromatic carbocycles. The zero-order valence-electron chi connectivity index (χ0n) is 10.7. The molecule has 0 bridgehead atoms. The van der Waals surface area contributed by atoms with Crippen molar-refractivity contribution in [3.8, 4) is 0 Å². The molecule has 0 saturated carbocycles. The van der Waals surface area contributed by atoms with Gasteiger partial charge < -0.3 is 5.32 Å². The molecule has 1 fully saturated rings. The smallest absolute Gasteiger partial charge is 0.220 e. The van der Waals surface area contributed by atoms with Gasteiger partial charge in [0.1, 0.15) is 0 Å². The predicted octanol–water partition coefficient (Wildman–Crippen LogP) is 1.94. The van der Waals surface area contributed by atoms with E-state index in [9.17, 15) is 4.79 Å². The van der Waals surface area contributed by atoms with Gasteiger partial charge in [-0.1, -0.05) is 13.8 Å². The molecule has 1 atom stereocenters. The van der Waals surface area contributed by atoms with E-state index in [1.165, 1.54) is 12.8 Å². The van der Waals surface area contributed by atoms with E-state index >= 15 is 0 Å². The molecular formula is C13H25N2O. The highest BCUT2D eigenvalue weighted by molar-refractivity contribution is 5.75. The molecule has 0 aromatic heterocycles. The minimum atomic E-state index is 0.214. The van der Waals surface area contributed by atoms with Gasteiger partial charge in [-0.15, -0.1) is 0 Å². The Labute approximate surface area is 99.4 Å². The van der Waals surface area contributed by atoms with Gasteiger partial charge in [0.2, 0.25) is 5.91 Å².